The van der Waals surface area contributed by atoms with Gasteiger partial charge in [0, 0.05) is 18.3 Å². The van der Waals surface area contributed by atoms with Crippen LogP contribution in [0.3, 0.4) is 0 Å². The molecule has 1 atom stereocenters. The van der Waals surface area contributed by atoms with E-state index in [9.17, 15) is 4.79 Å². The normalized spacial score (nSPS) is 21.7. The number of nitrogens with zero attached hydrogens (tertiary/aromatic N) is 2. The minimum absolute atomic E-state index is 0.229. The first kappa shape index (κ1) is 12.2. The Hall–Kier alpha value is -1.90. The van der Waals surface area contributed by atoms with E-state index in [-0.39, 0.29) is 5.78 Å². The van der Waals surface area contributed by atoms with Crippen LogP contribution in [-0.2, 0) is 18.4 Å². The molecule has 0 radical (unpaired) electrons. The molecule has 0 spiro atoms. The van der Waals surface area contributed by atoms with Crippen LogP contribution in [0, 0.1) is 0 Å². The van der Waals surface area contributed by atoms with Crippen LogP contribution in [0.2, 0.25) is 0 Å². The quantitative estimate of drug-likeness (QED) is 0.844. The molecule has 0 bridgehead atoms. The summed E-state index contributed by atoms with van der Waals surface area (Å²) < 4.78 is 2.03. The molecular formula is C16H18N2O. The van der Waals surface area contributed by atoms with Gasteiger partial charge in [0.2, 0.25) is 0 Å². The molecule has 0 saturated carbocycles. The Balaban J connectivity index is 2.10. The molecular weight excluding hydrogens is 236 g/mol. The number of benzene rings is 1. The number of ketones is 1. The van der Waals surface area contributed by atoms with Crippen molar-refractivity contribution in [3.63, 3.8) is 0 Å². The highest BCUT2D eigenvalue weighted by molar-refractivity contribution is 6.08. The van der Waals surface area contributed by atoms with Crippen LogP contribution in [0.15, 0.2) is 36.8 Å². The van der Waals surface area contributed by atoms with E-state index in [4.69, 9.17) is 0 Å². The summed E-state index contributed by atoms with van der Waals surface area (Å²) in [6.07, 6.45) is 5.41. The standard InChI is InChI=1S/C16H18N2O/c1-3-16(14-10-18(4-2)11-17-14)9-12-7-5-6-8-13(12)15(16)19/h5-8,10-11H,3-4,9H2,1-2H3. The maximum Gasteiger partial charge on any atom is 0.175 e. The lowest BCUT2D eigenvalue weighted by molar-refractivity contribution is 0.0895. The van der Waals surface area contributed by atoms with Crippen molar-refractivity contribution in [1.82, 2.24) is 9.55 Å². The third kappa shape index (κ3) is 1.65. The van der Waals surface area contributed by atoms with E-state index in [1.54, 1.807) is 0 Å². The Morgan fingerprint density at radius 3 is 2.74 bits per heavy atom. The van der Waals surface area contributed by atoms with Crippen molar-refractivity contribution < 1.29 is 4.79 Å². The van der Waals surface area contributed by atoms with E-state index in [0.717, 1.165) is 36.2 Å². The van der Waals surface area contributed by atoms with Crippen molar-refractivity contribution in [3.05, 3.63) is 53.6 Å². The molecule has 0 amide bonds. The first-order chi connectivity index (χ1) is 9.21. The molecule has 0 aliphatic heterocycles. The highest BCUT2D eigenvalue weighted by Gasteiger charge is 2.46. The Bertz CT molecular complexity index is 629. The van der Waals surface area contributed by atoms with Gasteiger partial charge in [-0.2, -0.15) is 0 Å². The second-order valence-electron chi connectivity index (χ2n) is 5.19. The van der Waals surface area contributed by atoms with Gasteiger partial charge >= 0.3 is 0 Å². The van der Waals surface area contributed by atoms with Gasteiger partial charge in [-0.1, -0.05) is 31.2 Å². The smallest absolute Gasteiger partial charge is 0.175 e. The molecule has 3 heteroatoms. The number of carbonyl (C=O) groups excluding carboxylic acids is 1. The summed E-state index contributed by atoms with van der Waals surface area (Å²) in [7, 11) is 0. The van der Waals surface area contributed by atoms with E-state index < -0.39 is 5.41 Å². The third-order valence-electron chi connectivity index (χ3n) is 4.28. The van der Waals surface area contributed by atoms with Crippen LogP contribution < -0.4 is 0 Å². The van der Waals surface area contributed by atoms with Gasteiger partial charge in [0.25, 0.3) is 0 Å². The highest BCUT2D eigenvalue weighted by Crippen LogP contribution is 2.41. The number of aromatic nitrogens is 2. The number of hydrogen-bond donors (Lipinski definition) is 0. The van der Waals surface area contributed by atoms with E-state index in [0.29, 0.717) is 0 Å². The van der Waals surface area contributed by atoms with Gasteiger partial charge in [-0.3, -0.25) is 4.79 Å². The lowest BCUT2D eigenvalue weighted by atomic mass is 9.78. The molecule has 2 aromatic rings. The number of Topliss-reactive ketones (excluding diaryl/α,β-unsaturated/α-hetero) is 1. The minimum Gasteiger partial charge on any atom is -0.337 e. The maximum absolute atomic E-state index is 12.8. The first-order valence-corrected chi connectivity index (χ1v) is 6.86. The molecule has 19 heavy (non-hydrogen) atoms. The molecule has 1 aromatic carbocycles. The summed E-state index contributed by atoms with van der Waals surface area (Å²) in [5.41, 5.74) is 2.48. The molecule has 98 valence electrons. The lowest BCUT2D eigenvalue weighted by Crippen LogP contribution is -2.32. The van der Waals surface area contributed by atoms with Crippen molar-refractivity contribution in [2.45, 2.75) is 38.6 Å². The zero-order chi connectivity index (χ0) is 13.5. The molecule has 0 fully saturated rings. The van der Waals surface area contributed by atoms with Crippen LogP contribution >= 0.6 is 0 Å². The topological polar surface area (TPSA) is 34.9 Å². The summed E-state index contributed by atoms with van der Waals surface area (Å²) in [6.45, 7) is 5.04. The summed E-state index contributed by atoms with van der Waals surface area (Å²) >= 11 is 0. The fourth-order valence-electron chi connectivity index (χ4n) is 3.01. The predicted molar refractivity (Wildman–Crippen MR) is 74.3 cm³/mol. The largest absolute Gasteiger partial charge is 0.337 e. The van der Waals surface area contributed by atoms with Crippen molar-refractivity contribution in [3.8, 4) is 0 Å². The van der Waals surface area contributed by atoms with E-state index in [2.05, 4.69) is 24.9 Å². The van der Waals surface area contributed by atoms with Gasteiger partial charge in [-0.05, 0) is 25.3 Å². The molecule has 1 aliphatic carbocycles. The van der Waals surface area contributed by atoms with E-state index in [1.807, 2.05) is 35.3 Å². The number of hydrogen-bond acceptors (Lipinski definition) is 2. The van der Waals surface area contributed by atoms with Gasteiger partial charge in [-0.15, -0.1) is 0 Å². The molecule has 0 N–H and O–H groups in total. The highest BCUT2D eigenvalue weighted by atomic mass is 16.1. The Morgan fingerprint density at radius 1 is 1.32 bits per heavy atom. The molecule has 3 nitrogen and oxygen atoms in total. The number of rotatable bonds is 3. The fourth-order valence-corrected chi connectivity index (χ4v) is 3.01. The van der Waals surface area contributed by atoms with Gasteiger partial charge in [0.15, 0.2) is 5.78 Å². The van der Waals surface area contributed by atoms with Crippen LogP contribution in [0.4, 0.5) is 0 Å². The second-order valence-corrected chi connectivity index (χ2v) is 5.19. The van der Waals surface area contributed by atoms with Crippen molar-refractivity contribution >= 4 is 5.78 Å². The maximum atomic E-state index is 12.8. The summed E-state index contributed by atoms with van der Waals surface area (Å²) in [5, 5.41) is 0. The third-order valence-corrected chi connectivity index (χ3v) is 4.28. The molecule has 1 unspecified atom stereocenters. The molecule has 3 rings (SSSR count). The Kier molecular flexibility index (Phi) is 2.77. The van der Waals surface area contributed by atoms with Crippen LogP contribution in [0.5, 0.6) is 0 Å². The zero-order valence-electron chi connectivity index (χ0n) is 11.4. The summed E-state index contributed by atoms with van der Waals surface area (Å²) in [4.78, 5) is 17.3. The van der Waals surface area contributed by atoms with Gasteiger partial charge in [-0.25, -0.2) is 4.98 Å². The summed E-state index contributed by atoms with van der Waals surface area (Å²) in [6, 6.07) is 7.93. The van der Waals surface area contributed by atoms with Gasteiger partial charge in [0.1, 0.15) is 0 Å². The molecule has 1 aromatic heterocycles. The number of carbonyl (C=O) groups is 1. The minimum atomic E-state index is -0.454. The Labute approximate surface area is 113 Å². The van der Waals surface area contributed by atoms with Gasteiger partial charge < -0.3 is 4.57 Å². The van der Waals surface area contributed by atoms with Gasteiger partial charge in [0.05, 0.1) is 17.4 Å². The average molecular weight is 254 g/mol. The molecule has 1 heterocycles. The van der Waals surface area contributed by atoms with Crippen molar-refractivity contribution in [2.24, 2.45) is 0 Å². The fraction of sp³-hybridized carbons (Fsp3) is 0.375. The number of fused-ring (bicyclic) bond motifs is 1. The number of imidazole rings is 1. The lowest BCUT2D eigenvalue weighted by Gasteiger charge is -2.23. The monoisotopic (exact) mass is 254 g/mol. The van der Waals surface area contributed by atoms with Crippen LogP contribution in [0.1, 0.15) is 41.9 Å². The average Bonchev–Trinajstić information content (AvgIpc) is 3.03. The van der Waals surface area contributed by atoms with Crippen LogP contribution in [0.25, 0.3) is 0 Å². The molecule has 0 saturated heterocycles. The zero-order valence-corrected chi connectivity index (χ0v) is 11.4. The molecule has 1 aliphatic rings. The van der Waals surface area contributed by atoms with E-state index >= 15 is 0 Å². The predicted octanol–water partition coefficient (Wildman–Crippen LogP) is 2.99. The SMILES string of the molecule is CCn1cnc(C2(CC)Cc3ccccc3C2=O)c1. The van der Waals surface area contributed by atoms with Crippen molar-refractivity contribution in [2.75, 3.05) is 0 Å². The number of aryl methyl sites for hydroxylation is 1. The van der Waals surface area contributed by atoms with Crippen molar-refractivity contribution in [1.29, 1.82) is 0 Å². The van der Waals surface area contributed by atoms with E-state index in [1.165, 1.54) is 0 Å². The summed E-state index contributed by atoms with van der Waals surface area (Å²) in [5.74, 6) is 0.229. The van der Waals surface area contributed by atoms with Crippen LogP contribution in [-0.4, -0.2) is 15.3 Å². The Morgan fingerprint density at radius 2 is 2.11 bits per heavy atom. The second kappa shape index (κ2) is 4.34. The first-order valence-electron chi connectivity index (χ1n) is 6.86.